The van der Waals surface area contributed by atoms with Crippen molar-refractivity contribution in [3.8, 4) is 0 Å². The molecule has 1 atom stereocenters. The van der Waals surface area contributed by atoms with E-state index >= 15 is 0 Å². The molecule has 1 aromatic rings. The molecule has 1 amide bonds. The van der Waals surface area contributed by atoms with E-state index in [0.29, 0.717) is 39.3 Å². The third-order valence-electron chi connectivity index (χ3n) is 3.24. The molecule has 4 nitrogen and oxygen atoms in total. The maximum atomic E-state index is 11.9. The average molecular weight is 303 g/mol. The van der Waals surface area contributed by atoms with Gasteiger partial charge in [0.15, 0.2) is 0 Å². The monoisotopic (exact) mass is 302 g/mol. The Morgan fingerprint density at radius 2 is 2.32 bits per heavy atom. The summed E-state index contributed by atoms with van der Waals surface area (Å²) >= 11 is 7.44. The number of hydrogen-bond acceptors (Lipinski definition) is 4. The van der Waals surface area contributed by atoms with Gasteiger partial charge in [-0.2, -0.15) is 0 Å². The lowest BCUT2D eigenvalue weighted by Crippen LogP contribution is -2.41. The van der Waals surface area contributed by atoms with Crippen molar-refractivity contribution in [3.05, 3.63) is 21.3 Å². The molecule has 0 radical (unpaired) electrons. The summed E-state index contributed by atoms with van der Waals surface area (Å²) in [5.41, 5.74) is 1.17. The Morgan fingerprint density at radius 1 is 1.58 bits per heavy atom. The number of ether oxygens (including phenoxy) is 1. The molecule has 0 aromatic carbocycles. The quantitative estimate of drug-likeness (QED) is 0.907. The summed E-state index contributed by atoms with van der Waals surface area (Å²) in [6.45, 7) is 5.51. The van der Waals surface area contributed by atoms with Crippen LogP contribution in [0, 0.1) is 0 Å². The van der Waals surface area contributed by atoms with Gasteiger partial charge in [-0.15, -0.1) is 11.3 Å². The number of amides is 1. The summed E-state index contributed by atoms with van der Waals surface area (Å²) in [5, 5.41) is 5.40. The fourth-order valence-electron chi connectivity index (χ4n) is 2.03. The summed E-state index contributed by atoms with van der Waals surface area (Å²) in [5.74, 6) is 0.200. The van der Waals surface area contributed by atoms with Crippen LogP contribution in [0.4, 0.5) is 0 Å². The van der Waals surface area contributed by atoms with Gasteiger partial charge in [0.05, 0.1) is 17.6 Å². The first-order valence-corrected chi connectivity index (χ1v) is 7.75. The number of thiophene rings is 1. The molecule has 1 aliphatic rings. The fraction of sp³-hybridized carbons (Fsp3) is 0.615. The van der Waals surface area contributed by atoms with Crippen LogP contribution < -0.4 is 5.32 Å². The second-order valence-electron chi connectivity index (χ2n) is 4.60. The van der Waals surface area contributed by atoms with Crippen LogP contribution in [0.25, 0.3) is 0 Å². The van der Waals surface area contributed by atoms with Gasteiger partial charge >= 0.3 is 0 Å². The molecule has 1 aromatic heterocycles. The van der Waals surface area contributed by atoms with Gasteiger partial charge in [0.2, 0.25) is 5.91 Å². The topological polar surface area (TPSA) is 41.6 Å². The zero-order chi connectivity index (χ0) is 13.7. The minimum Gasteiger partial charge on any atom is -0.378 e. The standard InChI is InChI=1S/C13H19ClN2O2S/c1-10(11-8-12(14)19-9-11)15-3-2-13(17)16-4-6-18-7-5-16/h8-10,15H,2-7H2,1H3. The third-order valence-corrected chi connectivity index (χ3v) is 4.35. The lowest BCUT2D eigenvalue weighted by atomic mass is 10.2. The van der Waals surface area contributed by atoms with E-state index in [4.69, 9.17) is 16.3 Å². The normalized spacial score (nSPS) is 17.5. The maximum absolute atomic E-state index is 11.9. The number of carbonyl (C=O) groups is 1. The van der Waals surface area contributed by atoms with Crippen LogP contribution in [0.5, 0.6) is 0 Å². The number of hydrogen-bond donors (Lipinski definition) is 1. The Hall–Kier alpha value is -0.620. The maximum Gasteiger partial charge on any atom is 0.224 e. The second-order valence-corrected chi connectivity index (χ2v) is 6.15. The van der Waals surface area contributed by atoms with E-state index in [1.807, 2.05) is 16.3 Å². The molecule has 1 N–H and O–H groups in total. The number of nitrogens with one attached hydrogen (secondary N) is 1. The molecule has 19 heavy (non-hydrogen) atoms. The molecule has 0 spiro atoms. The van der Waals surface area contributed by atoms with Crippen molar-refractivity contribution in [3.63, 3.8) is 0 Å². The lowest BCUT2D eigenvalue weighted by Gasteiger charge is -2.27. The Kier molecular flexibility index (Phi) is 5.63. The average Bonchev–Trinajstić information content (AvgIpc) is 2.86. The molecule has 0 aliphatic carbocycles. The number of halogens is 1. The first kappa shape index (κ1) is 14.8. The van der Waals surface area contributed by atoms with E-state index in [0.717, 1.165) is 4.34 Å². The molecule has 0 saturated carbocycles. The molecule has 1 saturated heterocycles. The SMILES string of the molecule is CC(NCCC(=O)N1CCOCC1)c1csc(Cl)c1. The molecule has 1 aliphatic heterocycles. The first-order valence-electron chi connectivity index (χ1n) is 6.49. The number of morpholine rings is 1. The van der Waals surface area contributed by atoms with E-state index in [-0.39, 0.29) is 11.9 Å². The summed E-state index contributed by atoms with van der Waals surface area (Å²) in [6, 6.07) is 2.19. The molecule has 1 fully saturated rings. The minimum atomic E-state index is 0.200. The molecule has 2 rings (SSSR count). The highest BCUT2D eigenvalue weighted by Crippen LogP contribution is 2.24. The van der Waals surface area contributed by atoms with Gasteiger partial charge in [0, 0.05) is 32.1 Å². The van der Waals surface area contributed by atoms with Gasteiger partial charge in [0.25, 0.3) is 0 Å². The second kappa shape index (κ2) is 7.24. The van der Waals surface area contributed by atoms with Crippen molar-refractivity contribution < 1.29 is 9.53 Å². The highest BCUT2D eigenvalue weighted by molar-refractivity contribution is 7.14. The molecule has 106 valence electrons. The molecule has 1 unspecified atom stereocenters. The van der Waals surface area contributed by atoms with Crippen LogP contribution in [0.1, 0.15) is 24.9 Å². The van der Waals surface area contributed by atoms with Crippen molar-refractivity contribution in [2.75, 3.05) is 32.8 Å². The van der Waals surface area contributed by atoms with Crippen LogP contribution >= 0.6 is 22.9 Å². The summed E-state index contributed by atoms with van der Waals surface area (Å²) in [7, 11) is 0. The highest BCUT2D eigenvalue weighted by Gasteiger charge is 2.16. The van der Waals surface area contributed by atoms with Crippen LogP contribution in [-0.2, 0) is 9.53 Å². The van der Waals surface area contributed by atoms with Crippen LogP contribution in [0.2, 0.25) is 4.34 Å². The van der Waals surface area contributed by atoms with Gasteiger partial charge in [-0.05, 0) is 23.9 Å². The Bertz CT molecular complexity index is 419. The minimum absolute atomic E-state index is 0.200. The molecular formula is C13H19ClN2O2S. The highest BCUT2D eigenvalue weighted by atomic mass is 35.5. The largest absolute Gasteiger partial charge is 0.378 e. The Morgan fingerprint density at radius 3 is 2.95 bits per heavy atom. The summed E-state index contributed by atoms with van der Waals surface area (Å²) in [4.78, 5) is 13.8. The van der Waals surface area contributed by atoms with E-state index < -0.39 is 0 Å². The Labute approximate surface area is 122 Å². The van der Waals surface area contributed by atoms with Crippen LogP contribution in [-0.4, -0.2) is 43.7 Å². The van der Waals surface area contributed by atoms with E-state index in [2.05, 4.69) is 12.2 Å². The van der Waals surface area contributed by atoms with E-state index in [1.54, 1.807) is 0 Å². The zero-order valence-corrected chi connectivity index (χ0v) is 12.6. The summed E-state index contributed by atoms with van der Waals surface area (Å²) in [6.07, 6.45) is 0.530. The molecule has 2 heterocycles. The van der Waals surface area contributed by atoms with Crippen molar-refractivity contribution in [1.82, 2.24) is 10.2 Å². The predicted molar refractivity (Wildman–Crippen MR) is 77.8 cm³/mol. The first-order chi connectivity index (χ1) is 9.16. The van der Waals surface area contributed by atoms with Crippen molar-refractivity contribution in [1.29, 1.82) is 0 Å². The smallest absolute Gasteiger partial charge is 0.224 e. The number of nitrogens with zero attached hydrogens (tertiary/aromatic N) is 1. The lowest BCUT2D eigenvalue weighted by molar-refractivity contribution is -0.135. The number of carbonyl (C=O) groups excluding carboxylic acids is 1. The molecular weight excluding hydrogens is 284 g/mol. The van der Waals surface area contributed by atoms with Gasteiger partial charge in [0.1, 0.15) is 0 Å². The zero-order valence-electron chi connectivity index (χ0n) is 11.0. The van der Waals surface area contributed by atoms with Crippen molar-refractivity contribution >= 4 is 28.8 Å². The van der Waals surface area contributed by atoms with Gasteiger partial charge in [-0.25, -0.2) is 0 Å². The van der Waals surface area contributed by atoms with Crippen LogP contribution in [0.3, 0.4) is 0 Å². The van der Waals surface area contributed by atoms with Gasteiger partial charge < -0.3 is 15.0 Å². The number of rotatable bonds is 5. The molecule has 0 bridgehead atoms. The summed E-state index contributed by atoms with van der Waals surface area (Å²) < 4.78 is 6.03. The van der Waals surface area contributed by atoms with Gasteiger partial charge in [-0.1, -0.05) is 11.6 Å². The van der Waals surface area contributed by atoms with E-state index in [1.165, 1.54) is 16.9 Å². The van der Waals surface area contributed by atoms with Gasteiger partial charge in [-0.3, -0.25) is 4.79 Å². The predicted octanol–water partition coefficient (Wildman–Crippen LogP) is 2.30. The van der Waals surface area contributed by atoms with E-state index in [9.17, 15) is 4.79 Å². The van der Waals surface area contributed by atoms with Crippen molar-refractivity contribution in [2.45, 2.75) is 19.4 Å². The van der Waals surface area contributed by atoms with Crippen LogP contribution in [0.15, 0.2) is 11.4 Å². The fourth-order valence-corrected chi connectivity index (χ4v) is 3.02. The Balaban J connectivity index is 1.69. The molecule has 6 heteroatoms. The van der Waals surface area contributed by atoms with Crippen molar-refractivity contribution in [2.24, 2.45) is 0 Å². The third kappa shape index (κ3) is 4.45.